The van der Waals surface area contributed by atoms with Crippen LogP contribution in [0.2, 0.25) is 0 Å². The second-order valence-corrected chi connectivity index (χ2v) is 15.8. The molecule has 0 aromatic carbocycles. The Kier molecular flexibility index (Phi) is 122. The summed E-state index contributed by atoms with van der Waals surface area (Å²) in [5.41, 5.74) is 0. The van der Waals surface area contributed by atoms with Crippen LogP contribution >= 0.6 is 0 Å². The maximum absolute atomic E-state index is 10.1. The van der Waals surface area contributed by atoms with Gasteiger partial charge in [0.05, 0.1) is 0 Å². The zero-order chi connectivity index (χ0) is 42.6. The fourth-order valence-corrected chi connectivity index (χ4v) is 6.32. The van der Waals surface area contributed by atoms with E-state index in [1.54, 1.807) is 0 Å². The molecule has 0 fully saturated rings. The Hall–Kier alpha value is 0.369. The summed E-state index contributed by atoms with van der Waals surface area (Å²) in [6.07, 6.45) is 44.7. The van der Waals surface area contributed by atoms with E-state index in [-0.39, 0.29) is 126 Å². The summed E-state index contributed by atoms with van der Waals surface area (Å²) in [7, 11) is 0. The van der Waals surface area contributed by atoms with Crippen molar-refractivity contribution in [1.29, 1.82) is 0 Å². The van der Waals surface area contributed by atoms with Crippen LogP contribution in [-0.4, -0.2) is 23.9 Å². The first-order valence-electron chi connectivity index (χ1n) is 23.9. The number of carboxylic acid groups (broad SMARTS) is 4. The summed E-state index contributed by atoms with van der Waals surface area (Å²) in [6, 6.07) is 0. The Bertz CT molecular complexity index is 685. The Morgan fingerprint density at radius 3 is 0.413 bits per heavy atom. The van der Waals surface area contributed by atoms with E-state index in [1.807, 2.05) is 0 Å². The molecule has 0 aliphatic carbocycles. The maximum atomic E-state index is 10.1. The molecular formula is C48H92O12Zr3. The van der Waals surface area contributed by atoms with Gasteiger partial charge in [-0.25, -0.2) is 0 Å². The van der Waals surface area contributed by atoms with Gasteiger partial charge in [-0.05, 0) is 51.4 Å². The molecule has 12 nitrogen and oxygen atoms in total. The van der Waals surface area contributed by atoms with Crippen LogP contribution in [0.1, 0.15) is 285 Å². The van der Waals surface area contributed by atoms with E-state index in [0.29, 0.717) is 0 Å². The molecule has 15 heteroatoms. The minimum atomic E-state index is -0.909. The van der Waals surface area contributed by atoms with Crippen LogP contribution in [0.5, 0.6) is 0 Å². The molecule has 0 N–H and O–H groups in total. The van der Waals surface area contributed by atoms with Crippen LogP contribution in [-0.2, 0) is 120 Å². The zero-order valence-corrected chi connectivity index (χ0v) is 48.1. The predicted molar refractivity (Wildman–Crippen MR) is 230 cm³/mol. The van der Waals surface area contributed by atoms with Gasteiger partial charge in [0.25, 0.3) is 0 Å². The molecule has 0 radical (unpaired) electrons. The van der Waals surface area contributed by atoms with E-state index in [1.165, 1.54) is 180 Å². The summed E-state index contributed by atoms with van der Waals surface area (Å²) < 4.78 is 0. The molecular weight excluding hydrogens is 1040 g/mol. The average molecular weight is 1130 g/mol. The molecule has 63 heavy (non-hydrogen) atoms. The van der Waals surface area contributed by atoms with Gasteiger partial charge in [0.1, 0.15) is 0 Å². The smallest absolute Gasteiger partial charge is 2.00 e. The fourth-order valence-electron chi connectivity index (χ4n) is 6.32. The molecule has 0 aromatic rings. The normalized spacial score (nSPS) is 9.21. The molecule has 368 valence electrons. The van der Waals surface area contributed by atoms with Gasteiger partial charge >= 0.3 is 78.6 Å². The molecule has 0 amide bonds. The molecule has 0 atom stereocenters. The van der Waals surface area contributed by atoms with Gasteiger partial charge in [-0.15, -0.1) is 0 Å². The first-order valence-corrected chi connectivity index (χ1v) is 23.9. The number of carbonyl (C=O) groups is 4. The van der Waals surface area contributed by atoms with Crippen molar-refractivity contribution in [3.8, 4) is 0 Å². The molecule has 0 bridgehead atoms. The van der Waals surface area contributed by atoms with Gasteiger partial charge in [0, 0.05) is 23.9 Å². The van der Waals surface area contributed by atoms with Crippen molar-refractivity contribution in [2.45, 2.75) is 285 Å². The van der Waals surface area contributed by atoms with Crippen molar-refractivity contribution >= 4 is 23.9 Å². The summed E-state index contributed by atoms with van der Waals surface area (Å²) in [5.74, 6) is -3.64. The molecule has 0 spiro atoms. The van der Waals surface area contributed by atoms with E-state index in [0.717, 1.165) is 51.4 Å². The van der Waals surface area contributed by atoms with Crippen LogP contribution < -0.4 is 20.4 Å². The molecule has 0 saturated heterocycles. The average Bonchev–Trinajstić information content (AvgIpc) is 3.15. The number of carboxylic acids is 4. The largest absolute Gasteiger partial charge is 4.00 e. The predicted octanol–water partition coefficient (Wildman–Crippen LogP) is 10.1. The minimum Gasteiger partial charge on any atom is -2.00 e. The van der Waals surface area contributed by atoms with Gasteiger partial charge < -0.3 is 61.5 Å². The van der Waals surface area contributed by atoms with E-state index >= 15 is 0 Å². The van der Waals surface area contributed by atoms with E-state index in [2.05, 4.69) is 27.7 Å². The van der Waals surface area contributed by atoms with Gasteiger partial charge in [-0.1, -0.05) is 233 Å². The minimum absolute atomic E-state index is 0. The van der Waals surface area contributed by atoms with Gasteiger partial charge in [0.15, 0.2) is 0 Å². The number of hydrogen-bond acceptors (Lipinski definition) is 8. The van der Waals surface area contributed by atoms with Crippen molar-refractivity contribution < 1.29 is 140 Å². The topological polar surface area (TPSA) is 275 Å². The van der Waals surface area contributed by atoms with E-state index in [9.17, 15) is 39.6 Å². The quantitative estimate of drug-likeness (QED) is 0.0531. The van der Waals surface area contributed by atoms with E-state index in [4.69, 9.17) is 0 Å². The van der Waals surface area contributed by atoms with Crippen LogP contribution in [0.15, 0.2) is 0 Å². The van der Waals surface area contributed by atoms with Gasteiger partial charge in [-0.3, -0.25) is 0 Å². The molecule has 0 aromatic heterocycles. The third-order valence-corrected chi connectivity index (χ3v) is 9.94. The summed E-state index contributed by atoms with van der Waals surface area (Å²) in [5, 5.41) is 40.4. The van der Waals surface area contributed by atoms with Crippen molar-refractivity contribution in [3.05, 3.63) is 0 Å². The summed E-state index contributed by atoms with van der Waals surface area (Å²) in [4.78, 5) is 40.4. The number of carbonyl (C=O) groups excluding carboxylic acids is 4. The van der Waals surface area contributed by atoms with Crippen LogP contribution in [0.3, 0.4) is 0 Å². The second kappa shape index (κ2) is 85.6. The molecule has 0 aliphatic heterocycles. The summed E-state index contributed by atoms with van der Waals surface area (Å²) >= 11 is 0. The molecule has 0 aliphatic rings. The number of rotatable bonds is 40. The molecule has 0 unspecified atom stereocenters. The monoisotopic (exact) mass is 1130 g/mol. The van der Waals surface area contributed by atoms with Crippen LogP contribution in [0.25, 0.3) is 0 Å². The molecule has 0 saturated carbocycles. The Morgan fingerprint density at radius 1 is 0.222 bits per heavy atom. The standard InChI is InChI=1S/4C12H24O2.4O.3Zr/c4*1-2-3-4-5-6-7-8-9-10-11-12(13)14;;;;;;;/h4*2-11H2,1H3,(H,13,14);;;;;;;/q;;;;4*-2;3*+4/p-4. The number of unbranched alkanes of at least 4 members (excludes halogenated alkanes) is 32. The fraction of sp³-hybridized carbons (Fsp3) is 0.917. The Balaban J connectivity index is -0.0000000613. The third-order valence-electron chi connectivity index (χ3n) is 9.94. The van der Waals surface area contributed by atoms with Gasteiger partial charge in [0.2, 0.25) is 0 Å². The van der Waals surface area contributed by atoms with Crippen LogP contribution in [0.4, 0.5) is 0 Å². The third kappa shape index (κ3) is 115. The van der Waals surface area contributed by atoms with Crippen molar-refractivity contribution in [1.82, 2.24) is 0 Å². The van der Waals surface area contributed by atoms with E-state index < -0.39 is 23.9 Å². The van der Waals surface area contributed by atoms with Crippen molar-refractivity contribution in [2.75, 3.05) is 0 Å². The Labute approximate surface area is 444 Å². The molecule has 0 rings (SSSR count). The van der Waals surface area contributed by atoms with Gasteiger partial charge in [-0.2, -0.15) is 0 Å². The molecule has 0 heterocycles. The first kappa shape index (κ1) is 89.9. The number of hydrogen-bond donors (Lipinski definition) is 0. The zero-order valence-electron chi connectivity index (χ0n) is 40.7. The Morgan fingerprint density at radius 2 is 0.317 bits per heavy atom. The van der Waals surface area contributed by atoms with Crippen molar-refractivity contribution in [2.24, 2.45) is 0 Å². The maximum Gasteiger partial charge on any atom is 4.00 e. The first-order chi connectivity index (χ1) is 27.1. The second-order valence-electron chi connectivity index (χ2n) is 15.8. The van der Waals surface area contributed by atoms with Crippen molar-refractivity contribution in [3.63, 3.8) is 0 Å². The summed E-state index contributed by atoms with van der Waals surface area (Å²) in [6.45, 7) is 8.89. The SMILES string of the molecule is CCCCCCCCCCCC(=O)[O-].CCCCCCCCCCCC(=O)[O-].CCCCCCCCCCCC(=O)[O-].CCCCCCCCCCCC(=O)[O-].[O-2].[O-2].[O-2].[O-2].[Zr+4].[Zr+4].[Zr+4]. The van der Waals surface area contributed by atoms with Crippen LogP contribution in [0, 0.1) is 0 Å². The number of aliphatic carboxylic acids is 4.